The first-order chi connectivity index (χ1) is 13.6. The van der Waals surface area contributed by atoms with Gasteiger partial charge in [-0.25, -0.2) is 0 Å². The van der Waals surface area contributed by atoms with Crippen molar-refractivity contribution in [2.45, 2.75) is 56.4 Å². The first-order valence-corrected chi connectivity index (χ1v) is 11.8. The maximum atomic E-state index is 12.7. The second-order valence-corrected chi connectivity index (χ2v) is 8.82. The molecule has 0 aromatic heterocycles. The SMILES string of the molecule is CSc1ccccc1NC(=O)C(C)N1CCN(C(=O)CCC2CCCC2)CC1. The van der Waals surface area contributed by atoms with Crippen LogP contribution in [0.1, 0.15) is 45.4 Å². The number of para-hydroxylation sites is 1. The van der Waals surface area contributed by atoms with Crippen LogP contribution in [0.2, 0.25) is 0 Å². The Kier molecular flexibility index (Phi) is 7.80. The third-order valence-corrected chi connectivity index (χ3v) is 7.00. The zero-order chi connectivity index (χ0) is 19.9. The van der Waals surface area contributed by atoms with Gasteiger partial charge < -0.3 is 10.2 Å². The summed E-state index contributed by atoms with van der Waals surface area (Å²) in [6.45, 7) is 4.92. The zero-order valence-electron chi connectivity index (χ0n) is 17.2. The lowest BCUT2D eigenvalue weighted by Gasteiger charge is -2.37. The molecule has 0 radical (unpaired) electrons. The van der Waals surface area contributed by atoms with Crippen LogP contribution in [0.4, 0.5) is 5.69 Å². The van der Waals surface area contributed by atoms with Crippen molar-refractivity contribution in [3.05, 3.63) is 24.3 Å². The summed E-state index contributed by atoms with van der Waals surface area (Å²) < 4.78 is 0. The van der Waals surface area contributed by atoms with Crippen molar-refractivity contribution in [1.29, 1.82) is 0 Å². The minimum atomic E-state index is -0.203. The molecule has 1 heterocycles. The molecule has 1 unspecified atom stereocenters. The summed E-state index contributed by atoms with van der Waals surface area (Å²) in [5, 5.41) is 3.06. The monoisotopic (exact) mass is 403 g/mol. The van der Waals surface area contributed by atoms with Crippen molar-refractivity contribution in [3.8, 4) is 0 Å². The van der Waals surface area contributed by atoms with Crippen LogP contribution in [0, 0.1) is 5.92 Å². The van der Waals surface area contributed by atoms with Crippen molar-refractivity contribution >= 4 is 29.3 Å². The molecular formula is C22H33N3O2S. The van der Waals surface area contributed by atoms with Crippen molar-refractivity contribution in [2.24, 2.45) is 5.92 Å². The van der Waals surface area contributed by atoms with E-state index in [-0.39, 0.29) is 17.9 Å². The van der Waals surface area contributed by atoms with Crippen LogP contribution in [0.3, 0.4) is 0 Å². The normalized spacial score (nSPS) is 19.6. The van der Waals surface area contributed by atoms with E-state index in [1.54, 1.807) is 11.8 Å². The number of carbonyl (C=O) groups excluding carboxylic acids is 2. The van der Waals surface area contributed by atoms with Gasteiger partial charge in [-0.05, 0) is 37.7 Å². The predicted octanol–water partition coefficient (Wildman–Crippen LogP) is 3.85. The van der Waals surface area contributed by atoms with E-state index in [9.17, 15) is 9.59 Å². The fourth-order valence-corrected chi connectivity index (χ4v) is 4.85. The molecule has 1 aliphatic heterocycles. The molecule has 2 fully saturated rings. The summed E-state index contributed by atoms with van der Waals surface area (Å²) in [5.41, 5.74) is 0.868. The Morgan fingerprint density at radius 1 is 1.14 bits per heavy atom. The summed E-state index contributed by atoms with van der Waals surface area (Å²) in [4.78, 5) is 30.4. The highest BCUT2D eigenvalue weighted by Crippen LogP contribution is 2.29. The summed E-state index contributed by atoms with van der Waals surface area (Å²) in [5.74, 6) is 1.07. The van der Waals surface area contributed by atoms with E-state index in [0.29, 0.717) is 6.42 Å². The topological polar surface area (TPSA) is 52.7 Å². The molecule has 6 heteroatoms. The van der Waals surface area contributed by atoms with E-state index in [1.807, 2.05) is 42.3 Å². The van der Waals surface area contributed by atoms with Gasteiger partial charge in [0, 0.05) is 37.5 Å². The van der Waals surface area contributed by atoms with E-state index in [0.717, 1.165) is 49.1 Å². The summed E-state index contributed by atoms with van der Waals surface area (Å²) in [6, 6.07) is 7.67. The van der Waals surface area contributed by atoms with Crippen LogP contribution in [0.25, 0.3) is 0 Å². The molecule has 5 nitrogen and oxygen atoms in total. The van der Waals surface area contributed by atoms with Gasteiger partial charge in [-0.1, -0.05) is 37.8 Å². The van der Waals surface area contributed by atoms with Crippen LogP contribution in [-0.4, -0.2) is 60.1 Å². The zero-order valence-corrected chi connectivity index (χ0v) is 18.0. The molecule has 1 aromatic rings. The molecule has 2 aliphatic rings. The quantitative estimate of drug-likeness (QED) is 0.703. The Hall–Kier alpha value is -1.53. The average molecular weight is 404 g/mol. The van der Waals surface area contributed by atoms with Crippen molar-refractivity contribution in [1.82, 2.24) is 9.80 Å². The number of piperazine rings is 1. The third-order valence-electron chi connectivity index (χ3n) is 6.20. The van der Waals surface area contributed by atoms with Gasteiger partial charge in [0.2, 0.25) is 11.8 Å². The van der Waals surface area contributed by atoms with Gasteiger partial charge in [-0.2, -0.15) is 0 Å². The molecule has 1 saturated carbocycles. The molecule has 28 heavy (non-hydrogen) atoms. The molecule has 1 aliphatic carbocycles. The highest BCUT2D eigenvalue weighted by Gasteiger charge is 2.28. The first-order valence-electron chi connectivity index (χ1n) is 10.5. The summed E-state index contributed by atoms with van der Waals surface area (Å²) >= 11 is 1.63. The second kappa shape index (κ2) is 10.3. The molecule has 1 saturated heterocycles. The highest BCUT2D eigenvalue weighted by atomic mass is 32.2. The van der Waals surface area contributed by atoms with Gasteiger partial charge in [-0.3, -0.25) is 14.5 Å². The molecular weight excluding hydrogens is 370 g/mol. The third kappa shape index (κ3) is 5.51. The smallest absolute Gasteiger partial charge is 0.241 e. The molecule has 0 bridgehead atoms. The van der Waals surface area contributed by atoms with Crippen LogP contribution in [0.5, 0.6) is 0 Å². The van der Waals surface area contributed by atoms with Crippen LogP contribution >= 0.6 is 11.8 Å². The van der Waals surface area contributed by atoms with Crippen molar-refractivity contribution in [2.75, 3.05) is 37.8 Å². The van der Waals surface area contributed by atoms with Gasteiger partial charge in [-0.15, -0.1) is 11.8 Å². The Balaban J connectivity index is 1.44. The van der Waals surface area contributed by atoms with Crippen molar-refractivity contribution in [3.63, 3.8) is 0 Å². The number of amides is 2. The number of benzene rings is 1. The summed E-state index contributed by atoms with van der Waals surface area (Å²) in [6.07, 6.45) is 9.01. The highest BCUT2D eigenvalue weighted by molar-refractivity contribution is 7.98. The van der Waals surface area contributed by atoms with Crippen molar-refractivity contribution < 1.29 is 9.59 Å². The second-order valence-electron chi connectivity index (χ2n) is 7.97. The van der Waals surface area contributed by atoms with Gasteiger partial charge in [0.15, 0.2) is 0 Å². The van der Waals surface area contributed by atoms with E-state index < -0.39 is 0 Å². The van der Waals surface area contributed by atoms with E-state index in [1.165, 1.54) is 25.7 Å². The predicted molar refractivity (Wildman–Crippen MR) is 116 cm³/mol. The molecule has 0 spiro atoms. The molecule has 154 valence electrons. The fourth-order valence-electron chi connectivity index (χ4n) is 4.29. The number of thioether (sulfide) groups is 1. The van der Waals surface area contributed by atoms with Crippen LogP contribution in [-0.2, 0) is 9.59 Å². The molecule has 1 N–H and O–H groups in total. The fraction of sp³-hybridized carbons (Fsp3) is 0.636. The number of hydrogen-bond donors (Lipinski definition) is 1. The maximum Gasteiger partial charge on any atom is 0.241 e. The number of nitrogens with zero attached hydrogens (tertiary/aromatic N) is 2. The van der Waals surface area contributed by atoms with Gasteiger partial charge in [0.1, 0.15) is 0 Å². The first kappa shape index (κ1) is 21.2. The lowest BCUT2D eigenvalue weighted by Crippen LogP contribution is -2.54. The number of nitrogens with one attached hydrogen (secondary N) is 1. The molecule has 2 amide bonds. The lowest BCUT2D eigenvalue weighted by atomic mass is 10.0. The number of rotatable bonds is 7. The Morgan fingerprint density at radius 3 is 2.50 bits per heavy atom. The number of hydrogen-bond acceptors (Lipinski definition) is 4. The molecule has 1 atom stereocenters. The average Bonchev–Trinajstić information content (AvgIpc) is 3.25. The van der Waals surface area contributed by atoms with Gasteiger partial charge in [0.05, 0.1) is 11.7 Å². The Morgan fingerprint density at radius 2 is 1.82 bits per heavy atom. The number of carbonyl (C=O) groups is 2. The van der Waals surface area contributed by atoms with Crippen LogP contribution in [0.15, 0.2) is 29.2 Å². The molecule has 3 rings (SSSR count). The van der Waals surface area contributed by atoms with Crippen LogP contribution < -0.4 is 5.32 Å². The van der Waals surface area contributed by atoms with E-state index >= 15 is 0 Å². The lowest BCUT2D eigenvalue weighted by molar-refractivity contribution is -0.134. The van der Waals surface area contributed by atoms with E-state index in [4.69, 9.17) is 0 Å². The summed E-state index contributed by atoms with van der Waals surface area (Å²) in [7, 11) is 0. The Labute approximate surface area is 173 Å². The minimum Gasteiger partial charge on any atom is -0.340 e. The van der Waals surface area contributed by atoms with Gasteiger partial charge >= 0.3 is 0 Å². The van der Waals surface area contributed by atoms with Gasteiger partial charge in [0.25, 0.3) is 0 Å². The largest absolute Gasteiger partial charge is 0.340 e. The maximum absolute atomic E-state index is 12.7. The standard InChI is InChI=1S/C22H33N3O2S/c1-17(22(27)23-19-9-5-6-10-20(19)28-2)24-13-15-25(16-14-24)21(26)12-11-18-7-3-4-8-18/h5-6,9-10,17-18H,3-4,7-8,11-16H2,1-2H3,(H,23,27). The number of anilines is 1. The Bertz CT molecular complexity index is 668. The molecule has 1 aromatic carbocycles. The van der Waals surface area contributed by atoms with E-state index in [2.05, 4.69) is 10.2 Å². The minimum absolute atomic E-state index is 0.0162.